The average molecular weight is 221 g/mol. The molecule has 1 N–H and O–H groups in total. The topological polar surface area (TPSA) is 33.1 Å². The molecule has 0 amide bonds. The van der Waals surface area contributed by atoms with Gasteiger partial charge in [-0.2, -0.15) is 0 Å². The number of hydrogen-bond donors (Lipinski definition) is 1. The standard InChI is InChI=1S/C14H23NO/c1-12(2)5-3-7-14(16)9-8-13-6-4-10-15-11-13/h4,6,10-12,14,16H,3,5,7-9H2,1-2H3. The largest absolute Gasteiger partial charge is 0.393 e. The lowest BCUT2D eigenvalue weighted by Gasteiger charge is -2.11. The van der Waals surface area contributed by atoms with Crippen LogP contribution in [0.2, 0.25) is 0 Å². The Morgan fingerprint density at radius 1 is 1.25 bits per heavy atom. The second-order valence-corrected chi connectivity index (χ2v) is 4.88. The van der Waals surface area contributed by atoms with Gasteiger partial charge in [-0.05, 0) is 36.8 Å². The van der Waals surface area contributed by atoms with Crippen LogP contribution in [0.3, 0.4) is 0 Å². The fourth-order valence-electron chi connectivity index (χ4n) is 1.79. The predicted octanol–water partition coefficient (Wildman–Crippen LogP) is 3.20. The number of aromatic nitrogens is 1. The summed E-state index contributed by atoms with van der Waals surface area (Å²) in [5.41, 5.74) is 1.21. The van der Waals surface area contributed by atoms with Crippen LogP contribution >= 0.6 is 0 Å². The Hall–Kier alpha value is -0.890. The van der Waals surface area contributed by atoms with Crippen LogP contribution in [0.4, 0.5) is 0 Å². The van der Waals surface area contributed by atoms with Crippen LogP contribution in [-0.2, 0) is 6.42 Å². The number of aliphatic hydroxyl groups excluding tert-OH is 1. The zero-order chi connectivity index (χ0) is 11.8. The normalized spacial score (nSPS) is 13.0. The van der Waals surface area contributed by atoms with E-state index in [1.54, 1.807) is 6.20 Å². The molecule has 1 rings (SSSR count). The third-order valence-electron chi connectivity index (χ3n) is 2.81. The lowest BCUT2D eigenvalue weighted by Crippen LogP contribution is -2.08. The Morgan fingerprint density at radius 2 is 2.06 bits per heavy atom. The van der Waals surface area contributed by atoms with E-state index in [9.17, 15) is 5.11 Å². The molecule has 2 nitrogen and oxygen atoms in total. The summed E-state index contributed by atoms with van der Waals surface area (Å²) in [6, 6.07) is 4.01. The quantitative estimate of drug-likeness (QED) is 0.767. The zero-order valence-corrected chi connectivity index (χ0v) is 10.4. The second kappa shape index (κ2) is 7.39. The minimum absolute atomic E-state index is 0.154. The van der Waals surface area contributed by atoms with Gasteiger partial charge >= 0.3 is 0 Å². The van der Waals surface area contributed by atoms with Gasteiger partial charge in [0.15, 0.2) is 0 Å². The van der Waals surface area contributed by atoms with Crippen molar-refractivity contribution < 1.29 is 5.11 Å². The maximum Gasteiger partial charge on any atom is 0.0543 e. The van der Waals surface area contributed by atoms with E-state index < -0.39 is 0 Å². The summed E-state index contributed by atoms with van der Waals surface area (Å²) >= 11 is 0. The highest BCUT2D eigenvalue weighted by Gasteiger charge is 2.05. The van der Waals surface area contributed by atoms with E-state index in [0.29, 0.717) is 0 Å². The first kappa shape index (κ1) is 13.2. The van der Waals surface area contributed by atoms with Crippen molar-refractivity contribution >= 4 is 0 Å². The monoisotopic (exact) mass is 221 g/mol. The maximum atomic E-state index is 9.80. The molecule has 16 heavy (non-hydrogen) atoms. The van der Waals surface area contributed by atoms with Crippen molar-refractivity contribution in [1.29, 1.82) is 0 Å². The molecule has 0 aromatic carbocycles. The molecule has 0 radical (unpaired) electrons. The predicted molar refractivity (Wildman–Crippen MR) is 67.3 cm³/mol. The summed E-state index contributed by atoms with van der Waals surface area (Å²) in [5, 5.41) is 9.80. The molecule has 0 spiro atoms. The summed E-state index contributed by atoms with van der Waals surface area (Å²) in [5.74, 6) is 0.741. The van der Waals surface area contributed by atoms with E-state index in [1.165, 1.54) is 12.0 Å². The van der Waals surface area contributed by atoms with Crippen molar-refractivity contribution in [3.63, 3.8) is 0 Å². The van der Waals surface area contributed by atoms with Crippen molar-refractivity contribution in [2.45, 2.75) is 52.1 Å². The molecule has 90 valence electrons. The Labute approximate surface area is 98.7 Å². The summed E-state index contributed by atoms with van der Waals surface area (Å²) in [7, 11) is 0. The van der Waals surface area contributed by atoms with Crippen LogP contribution < -0.4 is 0 Å². The van der Waals surface area contributed by atoms with Crippen molar-refractivity contribution in [3.8, 4) is 0 Å². The molecule has 0 saturated heterocycles. The third kappa shape index (κ3) is 5.86. The molecule has 1 aromatic heterocycles. The summed E-state index contributed by atoms with van der Waals surface area (Å²) < 4.78 is 0. The van der Waals surface area contributed by atoms with E-state index in [1.807, 2.05) is 12.3 Å². The van der Waals surface area contributed by atoms with E-state index >= 15 is 0 Å². The number of aliphatic hydroxyl groups is 1. The first-order chi connectivity index (χ1) is 7.68. The molecule has 0 aliphatic rings. The summed E-state index contributed by atoms with van der Waals surface area (Å²) in [4.78, 5) is 4.07. The van der Waals surface area contributed by atoms with Crippen LogP contribution in [0.25, 0.3) is 0 Å². The average Bonchev–Trinajstić information content (AvgIpc) is 2.27. The minimum atomic E-state index is -0.154. The molecule has 1 heterocycles. The molecule has 0 saturated carbocycles. The van der Waals surface area contributed by atoms with E-state index in [4.69, 9.17) is 0 Å². The van der Waals surface area contributed by atoms with Crippen molar-refractivity contribution in [1.82, 2.24) is 4.98 Å². The van der Waals surface area contributed by atoms with Crippen LogP contribution in [0, 0.1) is 5.92 Å². The Morgan fingerprint density at radius 3 is 2.69 bits per heavy atom. The number of aryl methyl sites for hydroxylation is 1. The Balaban J connectivity index is 2.13. The van der Waals surface area contributed by atoms with Gasteiger partial charge in [0.2, 0.25) is 0 Å². The molecule has 1 unspecified atom stereocenters. The van der Waals surface area contributed by atoms with E-state index in [-0.39, 0.29) is 6.10 Å². The van der Waals surface area contributed by atoms with Crippen LogP contribution in [0.5, 0.6) is 0 Å². The highest BCUT2D eigenvalue weighted by atomic mass is 16.3. The lowest BCUT2D eigenvalue weighted by atomic mass is 10.0. The molecular weight excluding hydrogens is 198 g/mol. The van der Waals surface area contributed by atoms with Gasteiger partial charge in [0.25, 0.3) is 0 Å². The first-order valence-electron chi connectivity index (χ1n) is 6.25. The number of hydrogen-bond acceptors (Lipinski definition) is 2. The molecule has 0 bridgehead atoms. The summed E-state index contributed by atoms with van der Waals surface area (Å²) in [6.07, 6.45) is 8.55. The third-order valence-corrected chi connectivity index (χ3v) is 2.81. The molecule has 1 aromatic rings. The highest BCUT2D eigenvalue weighted by Crippen LogP contribution is 2.12. The Kier molecular flexibility index (Phi) is 6.09. The SMILES string of the molecule is CC(C)CCCC(O)CCc1cccnc1. The van der Waals surface area contributed by atoms with Gasteiger partial charge in [0.1, 0.15) is 0 Å². The lowest BCUT2D eigenvalue weighted by molar-refractivity contribution is 0.150. The molecular formula is C14H23NO. The van der Waals surface area contributed by atoms with Crippen molar-refractivity contribution in [2.75, 3.05) is 0 Å². The van der Waals surface area contributed by atoms with E-state index in [0.717, 1.165) is 31.6 Å². The van der Waals surface area contributed by atoms with Crippen molar-refractivity contribution in [3.05, 3.63) is 30.1 Å². The Bertz CT molecular complexity index is 271. The van der Waals surface area contributed by atoms with Crippen molar-refractivity contribution in [2.24, 2.45) is 5.92 Å². The minimum Gasteiger partial charge on any atom is -0.393 e. The molecule has 2 heteroatoms. The van der Waals surface area contributed by atoms with Gasteiger partial charge in [0.05, 0.1) is 6.10 Å². The fourth-order valence-corrected chi connectivity index (χ4v) is 1.79. The first-order valence-corrected chi connectivity index (χ1v) is 6.25. The van der Waals surface area contributed by atoms with Gasteiger partial charge in [-0.1, -0.05) is 32.8 Å². The van der Waals surface area contributed by atoms with Crippen LogP contribution in [0.15, 0.2) is 24.5 Å². The fraction of sp³-hybridized carbons (Fsp3) is 0.643. The molecule has 1 atom stereocenters. The maximum absolute atomic E-state index is 9.80. The van der Waals surface area contributed by atoms with E-state index in [2.05, 4.69) is 24.9 Å². The second-order valence-electron chi connectivity index (χ2n) is 4.88. The van der Waals surface area contributed by atoms with Crippen LogP contribution in [0.1, 0.15) is 45.1 Å². The molecule has 0 aliphatic heterocycles. The van der Waals surface area contributed by atoms with Gasteiger partial charge in [-0.15, -0.1) is 0 Å². The van der Waals surface area contributed by atoms with Gasteiger partial charge in [-0.25, -0.2) is 0 Å². The number of rotatable bonds is 7. The number of nitrogens with zero attached hydrogens (tertiary/aromatic N) is 1. The highest BCUT2D eigenvalue weighted by molar-refractivity contribution is 5.08. The zero-order valence-electron chi connectivity index (χ0n) is 10.4. The smallest absolute Gasteiger partial charge is 0.0543 e. The number of pyridine rings is 1. The van der Waals surface area contributed by atoms with Gasteiger partial charge in [0, 0.05) is 12.4 Å². The molecule has 0 aliphatic carbocycles. The van der Waals surface area contributed by atoms with Crippen LogP contribution in [-0.4, -0.2) is 16.2 Å². The van der Waals surface area contributed by atoms with Gasteiger partial charge < -0.3 is 5.11 Å². The molecule has 0 fully saturated rings. The summed E-state index contributed by atoms with van der Waals surface area (Å²) in [6.45, 7) is 4.45. The van der Waals surface area contributed by atoms with Gasteiger partial charge in [-0.3, -0.25) is 4.98 Å².